The third kappa shape index (κ3) is 4.97. The molecule has 12 heteroatoms. The van der Waals surface area contributed by atoms with Gasteiger partial charge in [-0.05, 0) is 19.1 Å². The number of nitrogens with zero attached hydrogens (tertiary/aromatic N) is 2. The van der Waals surface area contributed by atoms with Gasteiger partial charge in [-0.2, -0.15) is 0 Å². The van der Waals surface area contributed by atoms with Crippen LogP contribution >= 0.6 is 11.3 Å². The molecule has 0 aliphatic carbocycles. The second-order valence-corrected chi connectivity index (χ2v) is 7.49. The predicted octanol–water partition coefficient (Wildman–Crippen LogP) is 4.01. The minimum atomic E-state index is -5.14. The zero-order chi connectivity index (χ0) is 23.6. The van der Waals surface area contributed by atoms with Crippen LogP contribution in [0.5, 0.6) is 5.75 Å². The van der Waals surface area contributed by atoms with Gasteiger partial charge >= 0.3 is 6.36 Å². The summed E-state index contributed by atoms with van der Waals surface area (Å²) in [6.07, 6.45) is -5.14. The number of nitrogen functional groups attached to an aromatic ring is 1. The van der Waals surface area contributed by atoms with Crippen molar-refractivity contribution in [1.29, 1.82) is 0 Å². The molecule has 168 valence electrons. The molecule has 1 atom stereocenters. The van der Waals surface area contributed by atoms with Crippen molar-refractivity contribution in [3.05, 3.63) is 64.8 Å². The average Bonchev–Trinajstić information content (AvgIpc) is 3.10. The number of anilines is 3. The first-order valence-electron chi connectivity index (χ1n) is 8.98. The lowest BCUT2D eigenvalue weighted by Crippen LogP contribution is -2.40. The number of hydrogen-bond donors (Lipinski definition) is 2. The lowest BCUT2D eigenvalue weighted by Gasteiger charge is -2.27. The fourth-order valence-electron chi connectivity index (χ4n) is 2.78. The summed E-state index contributed by atoms with van der Waals surface area (Å²) < 4.78 is 55.5. The van der Waals surface area contributed by atoms with Crippen LogP contribution in [0.15, 0.2) is 48.5 Å². The van der Waals surface area contributed by atoms with E-state index >= 15 is 0 Å². The summed E-state index contributed by atoms with van der Waals surface area (Å²) in [6, 6.07) is 9.67. The van der Waals surface area contributed by atoms with Crippen molar-refractivity contribution in [1.82, 2.24) is 4.98 Å². The van der Waals surface area contributed by atoms with E-state index in [2.05, 4.69) is 9.72 Å². The maximum atomic E-state index is 13.9. The molecule has 3 rings (SSSR count). The molecule has 32 heavy (non-hydrogen) atoms. The number of nitrogens with two attached hydrogens (primary N) is 2. The largest absolute Gasteiger partial charge is 0.573 e. The summed E-state index contributed by atoms with van der Waals surface area (Å²) in [5, 5.41) is -0.00218. The molecule has 1 amide bonds. The number of carbonyl (C=O) groups is 2. The van der Waals surface area contributed by atoms with Crippen LogP contribution in [0.2, 0.25) is 0 Å². The van der Waals surface area contributed by atoms with Crippen LogP contribution < -0.4 is 21.1 Å². The molecule has 0 unspecified atom stereocenters. The highest BCUT2D eigenvalue weighted by Gasteiger charge is 2.34. The minimum Gasteiger partial charge on any atom is -0.403 e. The second kappa shape index (κ2) is 8.83. The van der Waals surface area contributed by atoms with Crippen LogP contribution in [-0.2, 0) is 4.79 Å². The monoisotopic (exact) mass is 468 g/mol. The molecule has 0 bridgehead atoms. The van der Waals surface area contributed by atoms with Gasteiger partial charge in [-0.3, -0.25) is 9.59 Å². The number of halogens is 4. The molecule has 0 aliphatic rings. The summed E-state index contributed by atoms with van der Waals surface area (Å²) in [5.74, 6) is -3.80. The van der Waals surface area contributed by atoms with E-state index in [1.54, 1.807) is 30.3 Å². The number of aromatic nitrogens is 1. The molecule has 0 spiro atoms. The van der Waals surface area contributed by atoms with Gasteiger partial charge in [-0.25, -0.2) is 9.37 Å². The Morgan fingerprint density at radius 1 is 1.16 bits per heavy atom. The van der Waals surface area contributed by atoms with Gasteiger partial charge in [0.05, 0.1) is 0 Å². The normalized spacial score (nSPS) is 12.3. The van der Waals surface area contributed by atoms with Gasteiger partial charge in [0.1, 0.15) is 16.7 Å². The zero-order valence-electron chi connectivity index (χ0n) is 16.4. The topological polar surface area (TPSA) is 112 Å². The first-order chi connectivity index (χ1) is 15.0. The Morgan fingerprint density at radius 3 is 2.41 bits per heavy atom. The van der Waals surface area contributed by atoms with Crippen LogP contribution in [0.25, 0.3) is 0 Å². The van der Waals surface area contributed by atoms with Crippen LogP contribution in [0.1, 0.15) is 22.2 Å². The molecular weight excluding hydrogens is 452 g/mol. The summed E-state index contributed by atoms with van der Waals surface area (Å²) in [4.78, 5) is 30.0. The number of carbonyl (C=O) groups excluding carboxylic acids is 2. The fraction of sp³-hybridized carbons (Fsp3) is 0.150. The van der Waals surface area contributed by atoms with E-state index in [1.165, 1.54) is 6.92 Å². The molecule has 7 nitrogen and oxygen atoms in total. The highest BCUT2D eigenvalue weighted by Crippen LogP contribution is 2.38. The molecular formula is C20H16F4N4O3S. The van der Waals surface area contributed by atoms with E-state index in [0.717, 1.165) is 34.4 Å². The molecule has 0 radical (unpaired) electrons. The number of alkyl halides is 3. The smallest absolute Gasteiger partial charge is 0.403 e. The van der Waals surface area contributed by atoms with E-state index in [4.69, 9.17) is 11.5 Å². The van der Waals surface area contributed by atoms with E-state index in [1.807, 2.05) is 0 Å². The van der Waals surface area contributed by atoms with Crippen molar-refractivity contribution >= 4 is 39.7 Å². The van der Waals surface area contributed by atoms with Crippen molar-refractivity contribution in [2.45, 2.75) is 19.3 Å². The third-order valence-corrected chi connectivity index (χ3v) is 5.38. The number of ketones is 1. The molecule has 1 aromatic heterocycles. The maximum absolute atomic E-state index is 13.9. The Bertz CT molecular complexity index is 1150. The molecule has 3 aromatic rings. The molecule has 1 heterocycles. The van der Waals surface area contributed by atoms with Crippen LogP contribution in [0, 0.1) is 5.82 Å². The van der Waals surface area contributed by atoms with Gasteiger partial charge < -0.3 is 21.1 Å². The zero-order valence-corrected chi connectivity index (χ0v) is 17.2. The number of rotatable bonds is 7. The minimum absolute atomic E-state index is 0.00218. The average molecular weight is 468 g/mol. The number of amides is 1. The van der Waals surface area contributed by atoms with Gasteiger partial charge in [-0.15, -0.1) is 13.2 Å². The summed E-state index contributed by atoms with van der Waals surface area (Å²) in [7, 11) is 0. The Kier molecular flexibility index (Phi) is 6.35. The van der Waals surface area contributed by atoms with Crippen LogP contribution in [0.4, 0.5) is 34.2 Å². The SMILES string of the molecule is C[C@H](C(N)=O)N(c1ccc(F)c(OC(F)(F)F)c1)c1nc(N)c(C(=O)c2ccccc2)s1. The number of benzene rings is 2. The molecule has 0 saturated carbocycles. The van der Waals surface area contributed by atoms with Crippen molar-refractivity contribution in [2.24, 2.45) is 5.73 Å². The van der Waals surface area contributed by atoms with Crippen molar-refractivity contribution in [3.63, 3.8) is 0 Å². The Balaban J connectivity index is 2.08. The number of thiazole rings is 1. The van der Waals surface area contributed by atoms with Gasteiger partial charge in [0.2, 0.25) is 11.7 Å². The predicted molar refractivity (Wildman–Crippen MR) is 110 cm³/mol. The molecule has 2 aromatic carbocycles. The van der Waals surface area contributed by atoms with E-state index in [0.29, 0.717) is 5.56 Å². The third-order valence-electron chi connectivity index (χ3n) is 4.31. The van der Waals surface area contributed by atoms with Gasteiger partial charge in [0, 0.05) is 17.3 Å². The summed E-state index contributed by atoms with van der Waals surface area (Å²) in [5.41, 5.74) is 11.6. The summed E-state index contributed by atoms with van der Waals surface area (Å²) >= 11 is 0.810. The van der Waals surface area contributed by atoms with E-state index in [-0.39, 0.29) is 21.5 Å². The summed E-state index contributed by atoms with van der Waals surface area (Å²) in [6.45, 7) is 1.37. The lowest BCUT2D eigenvalue weighted by molar-refractivity contribution is -0.275. The van der Waals surface area contributed by atoms with E-state index < -0.39 is 35.7 Å². The maximum Gasteiger partial charge on any atom is 0.573 e. The second-order valence-electron chi connectivity index (χ2n) is 6.52. The van der Waals surface area contributed by atoms with Gasteiger partial charge in [-0.1, -0.05) is 41.7 Å². The van der Waals surface area contributed by atoms with Crippen LogP contribution in [0.3, 0.4) is 0 Å². The standard InChI is InChI=1S/C20H16F4N4O3S/c1-10(18(26)30)28(12-7-8-13(21)14(9-12)31-20(22,23)24)19-27-17(25)16(32-19)15(29)11-5-3-2-4-6-11/h2-10H,25H2,1H3,(H2,26,30)/t10-/m1/s1. The van der Waals surface area contributed by atoms with Crippen molar-refractivity contribution < 1.29 is 31.9 Å². The molecule has 0 aliphatic heterocycles. The number of primary amides is 1. The number of hydrogen-bond acceptors (Lipinski definition) is 7. The molecule has 0 fully saturated rings. The van der Waals surface area contributed by atoms with Crippen molar-refractivity contribution in [3.8, 4) is 5.75 Å². The van der Waals surface area contributed by atoms with Crippen LogP contribution in [-0.4, -0.2) is 29.1 Å². The number of ether oxygens (including phenoxy) is 1. The van der Waals surface area contributed by atoms with Gasteiger partial charge in [0.25, 0.3) is 0 Å². The highest BCUT2D eigenvalue weighted by atomic mass is 32.1. The first-order valence-corrected chi connectivity index (χ1v) is 9.79. The molecule has 0 saturated heterocycles. The van der Waals surface area contributed by atoms with E-state index in [9.17, 15) is 27.2 Å². The Labute approximate surface area is 183 Å². The van der Waals surface area contributed by atoms with Gasteiger partial charge in [0.15, 0.2) is 16.7 Å². The lowest BCUT2D eigenvalue weighted by atomic mass is 10.1. The van der Waals surface area contributed by atoms with Crippen molar-refractivity contribution in [2.75, 3.05) is 10.6 Å². The highest BCUT2D eigenvalue weighted by molar-refractivity contribution is 7.18. The fourth-order valence-corrected chi connectivity index (χ4v) is 3.83. The molecule has 4 N–H and O–H groups in total. The Morgan fingerprint density at radius 2 is 1.81 bits per heavy atom. The quantitative estimate of drug-likeness (QED) is 0.400. The Hall–Kier alpha value is -3.67. The first kappa shape index (κ1) is 23.0.